The fraction of sp³-hybridized carbons (Fsp3) is 0.692. The molecule has 1 heterocycles. The van der Waals surface area contributed by atoms with E-state index in [9.17, 15) is 0 Å². The molecule has 1 N–H and O–H groups in total. The molecular weight excluding hydrogens is 228 g/mol. The summed E-state index contributed by atoms with van der Waals surface area (Å²) < 4.78 is 5.13. The van der Waals surface area contributed by atoms with Gasteiger partial charge in [-0.15, -0.1) is 0 Å². The van der Waals surface area contributed by atoms with E-state index in [4.69, 9.17) is 4.74 Å². The maximum atomic E-state index is 5.13. The molecule has 1 aromatic rings. The van der Waals surface area contributed by atoms with Crippen LogP contribution in [0.25, 0.3) is 0 Å². The Kier molecular flexibility index (Phi) is 6.43. The lowest BCUT2D eigenvalue weighted by Gasteiger charge is -2.22. The van der Waals surface area contributed by atoms with E-state index in [1.165, 1.54) is 0 Å². The monoisotopic (exact) mass is 252 g/mol. The van der Waals surface area contributed by atoms with Gasteiger partial charge in [-0.25, -0.2) is 9.97 Å². The average Bonchev–Trinajstić information content (AvgIpc) is 2.39. The molecule has 0 bridgehead atoms. The number of likely N-dealkylation sites (N-methyl/N-ethyl adjacent to an activating group) is 1. The maximum Gasteiger partial charge on any atom is 0.134 e. The largest absolute Gasteiger partial charge is 0.383 e. The van der Waals surface area contributed by atoms with Gasteiger partial charge in [0, 0.05) is 39.2 Å². The molecule has 0 saturated heterocycles. The lowest BCUT2D eigenvalue weighted by molar-refractivity contribution is 0.205. The lowest BCUT2D eigenvalue weighted by atomic mass is 10.3. The highest BCUT2D eigenvalue weighted by Gasteiger charge is 2.09. The Balaban J connectivity index is 2.93. The first-order chi connectivity index (χ1) is 8.74. The highest BCUT2D eigenvalue weighted by Crippen LogP contribution is 2.16. The first-order valence-electron chi connectivity index (χ1n) is 6.60. The Hall–Kier alpha value is -1.36. The van der Waals surface area contributed by atoms with Gasteiger partial charge >= 0.3 is 0 Å². The Morgan fingerprint density at radius 1 is 1.28 bits per heavy atom. The second-order valence-electron chi connectivity index (χ2n) is 3.98. The zero-order valence-electron chi connectivity index (χ0n) is 11.9. The van der Waals surface area contributed by atoms with E-state index in [1.54, 1.807) is 7.11 Å². The predicted octanol–water partition coefficient (Wildman–Crippen LogP) is 1.94. The summed E-state index contributed by atoms with van der Waals surface area (Å²) in [5.41, 5.74) is 0. The van der Waals surface area contributed by atoms with Gasteiger partial charge in [-0.3, -0.25) is 0 Å². The molecule has 0 aliphatic carbocycles. The van der Waals surface area contributed by atoms with E-state index in [-0.39, 0.29) is 0 Å². The van der Waals surface area contributed by atoms with Gasteiger partial charge in [0.2, 0.25) is 0 Å². The van der Waals surface area contributed by atoms with Gasteiger partial charge in [0.15, 0.2) is 0 Å². The quantitative estimate of drug-likeness (QED) is 0.766. The van der Waals surface area contributed by atoms with Gasteiger partial charge in [0.1, 0.15) is 17.5 Å². The smallest absolute Gasteiger partial charge is 0.134 e. The van der Waals surface area contributed by atoms with Crippen LogP contribution in [0.5, 0.6) is 0 Å². The van der Waals surface area contributed by atoms with E-state index in [2.05, 4.69) is 41.0 Å². The van der Waals surface area contributed by atoms with Crippen LogP contribution >= 0.6 is 0 Å². The van der Waals surface area contributed by atoms with Crippen LogP contribution < -0.4 is 10.2 Å². The van der Waals surface area contributed by atoms with Crippen LogP contribution in [-0.4, -0.2) is 43.3 Å². The van der Waals surface area contributed by atoms with Gasteiger partial charge in [-0.1, -0.05) is 6.92 Å². The first-order valence-corrected chi connectivity index (χ1v) is 6.60. The van der Waals surface area contributed by atoms with E-state index < -0.39 is 0 Å². The summed E-state index contributed by atoms with van der Waals surface area (Å²) in [5, 5.41) is 3.25. The molecule has 0 spiro atoms. The van der Waals surface area contributed by atoms with E-state index in [0.717, 1.165) is 43.5 Å². The molecule has 102 valence electrons. The molecule has 0 fully saturated rings. The fourth-order valence-corrected chi connectivity index (χ4v) is 1.71. The van der Waals surface area contributed by atoms with Gasteiger partial charge in [-0.05, 0) is 13.8 Å². The van der Waals surface area contributed by atoms with E-state index in [0.29, 0.717) is 6.61 Å². The number of rotatable bonds is 8. The first kappa shape index (κ1) is 14.7. The van der Waals surface area contributed by atoms with Crippen molar-refractivity contribution in [3.8, 4) is 0 Å². The van der Waals surface area contributed by atoms with Crippen molar-refractivity contribution >= 4 is 11.6 Å². The Morgan fingerprint density at radius 3 is 2.61 bits per heavy atom. The molecule has 0 amide bonds. The second kappa shape index (κ2) is 7.87. The number of nitrogens with zero attached hydrogens (tertiary/aromatic N) is 3. The molecule has 1 aromatic heterocycles. The lowest BCUT2D eigenvalue weighted by Crippen LogP contribution is -2.28. The normalized spacial score (nSPS) is 10.4. The molecule has 5 nitrogen and oxygen atoms in total. The number of hydrogen-bond acceptors (Lipinski definition) is 5. The van der Waals surface area contributed by atoms with Crippen LogP contribution in [0.4, 0.5) is 11.6 Å². The molecule has 0 aliphatic heterocycles. The van der Waals surface area contributed by atoms with Crippen LogP contribution in [-0.2, 0) is 11.2 Å². The molecule has 0 aromatic carbocycles. The van der Waals surface area contributed by atoms with Gasteiger partial charge in [-0.2, -0.15) is 0 Å². The number of methoxy groups -OCH3 is 1. The zero-order chi connectivity index (χ0) is 13.4. The summed E-state index contributed by atoms with van der Waals surface area (Å²) in [5.74, 6) is 2.74. The molecule has 18 heavy (non-hydrogen) atoms. The summed E-state index contributed by atoms with van der Waals surface area (Å²) in [6.45, 7) is 9.58. The molecule has 0 radical (unpaired) electrons. The van der Waals surface area contributed by atoms with Gasteiger partial charge in [0.05, 0.1) is 6.61 Å². The van der Waals surface area contributed by atoms with E-state index in [1.807, 2.05) is 6.07 Å². The topological polar surface area (TPSA) is 50.3 Å². The van der Waals surface area contributed by atoms with Crippen molar-refractivity contribution in [2.24, 2.45) is 0 Å². The van der Waals surface area contributed by atoms with Crippen LogP contribution in [0, 0.1) is 0 Å². The van der Waals surface area contributed by atoms with E-state index >= 15 is 0 Å². The molecular formula is C13H24N4O. The summed E-state index contributed by atoms with van der Waals surface area (Å²) in [6.07, 6.45) is 0.841. The number of nitrogens with one attached hydrogen (secondary N) is 1. The van der Waals surface area contributed by atoms with Gasteiger partial charge in [0.25, 0.3) is 0 Å². The number of hydrogen-bond donors (Lipinski definition) is 1. The minimum atomic E-state index is 0.704. The van der Waals surface area contributed by atoms with Crippen molar-refractivity contribution in [1.29, 1.82) is 0 Å². The van der Waals surface area contributed by atoms with Crippen molar-refractivity contribution in [2.45, 2.75) is 27.2 Å². The fourth-order valence-electron chi connectivity index (χ4n) is 1.71. The van der Waals surface area contributed by atoms with Crippen molar-refractivity contribution in [3.05, 3.63) is 11.9 Å². The summed E-state index contributed by atoms with van der Waals surface area (Å²) in [4.78, 5) is 11.2. The molecule has 0 unspecified atom stereocenters. The summed E-state index contributed by atoms with van der Waals surface area (Å²) in [6, 6.07) is 2.00. The third-order valence-corrected chi connectivity index (χ3v) is 2.70. The Bertz CT molecular complexity index is 357. The van der Waals surface area contributed by atoms with Crippen LogP contribution in [0.3, 0.4) is 0 Å². The highest BCUT2D eigenvalue weighted by atomic mass is 16.5. The number of ether oxygens (including phenoxy) is 1. The molecule has 5 heteroatoms. The summed E-state index contributed by atoms with van der Waals surface area (Å²) >= 11 is 0. The average molecular weight is 252 g/mol. The number of anilines is 2. The predicted molar refractivity (Wildman–Crippen MR) is 75.3 cm³/mol. The highest BCUT2D eigenvalue weighted by molar-refractivity contribution is 5.49. The standard InChI is InChI=1S/C13H24N4O/c1-5-11-15-12(14-6-2)10-13(16-11)17(7-3)8-9-18-4/h10H,5-9H2,1-4H3,(H,14,15,16). The third-order valence-electron chi connectivity index (χ3n) is 2.70. The molecule has 0 atom stereocenters. The molecule has 0 saturated carbocycles. The molecule has 0 aliphatic rings. The zero-order valence-corrected chi connectivity index (χ0v) is 11.9. The molecule has 1 rings (SSSR count). The second-order valence-corrected chi connectivity index (χ2v) is 3.98. The Morgan fingerprint density at radius 2 is 2.06 bits per heavy atom. The van der Waals surface area contributed by atoms with Crippen molar-refractivity contribution < 1.29 is 4.74 Å². The minimum absolute atomic E-state index is 0.704. The van der Waals surface area contributed by atoms with Crippen molar-refractivity contribution in [1.82, 2.24) is 9.97 Å². The van der Waals surface area contributed by atoms with Crippen LogP contribution in [0.2, 0.25) is 0 Å². The van der Waals surface area contributed by atoms with Crippen molar-refractivity contribution in [2.75, 3.05) is 43.6 Å². The third kappa shape index (κ3) is 4.14. The minimum Gasteiger partial charge on any atom is -0.383 e. The number of aryl methyl sites for hydroxylation is 1. The van der Waals surface area contributed by atoms with Crippen molar-refractivity contribution in [3.63, 3.8) is 0 Å². The Labute approximate surface area is 110 Å². The number of aromatic nitrogens is 2. The summed E-state index contributed by atoms with van der Waals surface area (Å²) in [7, 11) is 1.72. The SMILES string of the molecule is CCNc1cc(N(CC)CCOC)nc(CC)n1. The maximum absolute atomic E-state index is 5.13. The van der Waals surface area contributed by atoms with Gasteiger partial charge < -0.3 is 15.0 Å². The van der Waals surface area contributed by atoms with Crippen LogP contribution in [0.15, 0.2) is 6.07 Å². The van der Waals surface area contributed by atoms with Crippen LogP contribution in [0.1, 0.15) is 26.6 Å².